The van der Waals surface area contributed by atoms with Crippen LogP contribution in [0.2, 0.25) is 0 Å². The summed E-state index contributed by atoms with van der Waals surface area (Å²) in [6.45, 7) is 8.27. The van der Waals surface area contributed by atoms with Gasteiger partial charge in [0.2, 0.25) is 5.91 Å². The van der Waals surface area contributed by atoms with Crippen LogP contribution in [0.1, 0.15) is 35.2 Å². The van der Waals surface area contributed by atoms with Crippen molar-refractivity contribution in [1.29, 1.82) is 0 Å². The molecule has 1 aromatic heterocycles. The lowest BCUT2D eigenvalue weighted by molar-refractivity contribution is -0.121. The molecule has 0 saturated carbocycles. The first-order chi connectivity index (χ1) is 12.9. The minimum absolute atomic E-state index is 0.0112. The number of nitrogens with zero attached hydrogens (tertiary/aromatic N) is 2. The molecule has 0 unspecified atom stereocenters. The van der Waals surface area contributed by atoms with Crippen LogP contribution < -0.4 is 10.9 Å². The maximum Gasteiger partial charge on any atom is 0.272 e. The van der Waals surface area contributed by atoms with E-state index < -0.39 is 0 Å². The Morgan fingerprint density at radius 1 is 1.11 bits per heavy atom. The zero-order valence-electron chi connectivity index (χ0n) is 16.2. The summed E-state index contributed by atoms with van der Waals surface area (Å²) in [4.78, 5) is 29.5. The minimum Gasteiger partial charge on any atom is -0.354 e. The molecule has 0 spiro atoms. The molecule has 0 saturated heterocycles. The van der Waals surface area contributed by atoms with Crippen LogP contribution in [-0.4, -0.2) is 22.0 Å². The molecular weight excluding hydrogens is 338 g/mol. The minimum atomic E-state index is -0.225. The predicted octanol–water partition coefficient (Wildman–Crippen LogP) is 3.24. The number of rotatable bonds is 5. The van der Waals surface area contributed by atoms with E-state index in [1.54, 1.807) is 6.92 Å². The van der Waals surface area contributed by atoms with Gasteiger partial charge in [0.15, 0.2) is 0 Å². The Balaban J connectivity index is 1.81. The maximum absolute atomic E-state index is 12.6. The third-order valence-corrected chi connectivity index (χ3v) is 5.00. The first-order valence-corrected chi connectivity index (χ1v) is 9.17. The van der Waals surface area contributed by atoms with Crippen LogP contribution >= 0.6 is 0 Å². The molecule has 0 aliphatic rings. The van der Waals surface area contributed by atoms with E-state index in [1.165, 1.54) is 10.1 Å². The quantitative estimate of drug-likeness (QED) is 0.757. The van der Waals surface area contributed by atoms with Crippen molar-refractivity contribution < 1.29 is 4.79 Å². The zero-order valence-corrected chi connectivity index (χ0v) is 16.2. The monoisotopic (exact) mass is 363 g/mol. The summed E-state index contributed by atoms with van der Waals surface area (Å²) < 4.78 is 1.52. The highest BCUT2D eigenvalue weighted by Crippen LogP contribution is 2.17. The lowest BCUT2D eigenvalue weighted by Crippen LogP contribution is -2.35. The van der Waals surface area contributed by atoms with Crippen molar-refractivity contribution in [3.63, 3.8) is 0 Å². The molecule has 1 amide bonds. The number of carbonyl (C=O) groups excluding carboxylic acids is 1. The number of aryl methyl sites for hydroxylation is 3. The van der Waals surface area contributed by atoms with Crippen LogP contribution in [0.15, 0.2) is 47.3 Å². The number of amides is 1. The molecule has 0 aliphatic carbocycles. The molecule has 140 valence electrons. The van der Waals surface area contributed by atoms with Crippen LogP contribution in [0.25, 0.3) is 11.0 Å². The van der Waals surface area contributed by atoms with Crippen molar-refractivity contribution >= 4 is 16.9 Å². The van der Waals surface area contributed by atoms with Crippen molar-refractivity contribution in [2.24, 2.45) is 0 Å². The molecule has 5 nitrogen and oxygen atoms in total. The molecule has 3 rings (SSSR count). The second-order valence-corrected chi connectivity index (χ2v) is 7.13. The normalized spacial score (nSPS) is 12.1. The Morgan fingerprint density at radius 3 is 2.48 bits per heavy atom. The van der Waals surface area contributed by atoms with Gasteiger partial charge in [-0.2, -0.15) is 0 Å². The average Bonchev–Trinajstić information content (AvgIpc) is 2.66. The van der Waals surface area contributed by atoms with Gasteiger partial charge in [-0.15, -0.1) is 0 Å². The highest BCUT2D eigenvalue weighted by molar-refractivity contribution is 5.81. The average molecular weight is 363 g/mol. The number of benzene rings is 2. The van der Waals surface area contributed by atoms with Gasteiger partial charge in [0.05, 0.1) is 11.0 Å². The Hall–Kier alpha value is -2.95. The van der Waals surface area contributed by atoms with Crippen molar-refractivity contribution in [1.82, 2.24) is 14.9 Å². The third-order valence-electron chi connectivity index (χ3n) is 5.00. The number of hydrogen-bond acceptors (Lipinski definition) is 3. The molecule has 5 heteroatoms. The van der Waals surface area contributed by atoms with E-state index in [0.29, 0.717) is 17.8 Å². The fourth-order valence-electron chi connectivity index (χ4n) is 3.15. The molecule has 1 N–H and O–H groups in total. The van der Waals surface area contributed by atoms with Gasteiger partial charge in [-0.3, -0.25) is 14.2 Å². The van der Waals surface area contributed by atoms with Gasteiger partial charge in [-0.25, -0.2) is 4.98 Å². The van der Waals surface area contributed by atoms with Crippen LogP contribution in [0, 0.1) is 20.8 Å². The van der Waals surface area contributed by atoms with E-state index >= 15 is 0 Å². The van der Waals surface area contributed by atoms with Gasteiger partial charge in [-0.05, 0) is 55.5 Å². The standard InChI is InChI=1S/C22H25N3O2/c1-14-10-19-20(11-15(14)2)25(22(27)17(4)24-19)13-21(26)23-12-16(3)18-8-6-5-7-9-18/h5-11,16H,12-13H2,1-4H3,(H,23,26)/t16-/m0/s1. The van der Waals surface area contributed by atoms with Crippen molar-refractivity contribution in [3.05, 3.63) is 75.2 Å². The smallest absolute Gasteiger partial charge is 0.272 e. The Labute approximate surface area is 159 Å². The Kier molecular flexibility index (Phi) is 5.40. The van der Waals surface area contributed by atoms with Gasteiger partial charge >= 0.3 is 0 Å². The summed E-state index contributed by atoms with van der Waals surface area (Å²) in [7, 11) is 0. The molecule has 0 fully saturated rings. The molecule has 2 aromatic carbocycles. The highest BCUT2D eigenvalue weighted by atomic mass is 16.2. The SMILES string of the molecule is Cc1cc2nc(C)c(=O)n(CC(=O)NC[C@H](C)c3ccccc3)c2cc1C. The lowest BCUT2D eigenvalue weighted by Gasteiger charge is -2.15. The second-order valence-electron chi connectivity index (χ2n) is 7.13. The first-order valence-electron chi connectivity index (χ1n) is 9.17. The molecule has 1 heterocycles. The molecule has 0 radical (unpaired) electrons. The van der Waals surface area contributed by atoms with Crippen LogP contribution in [0.3, 0.4) is 0 Å². The number of carbonyl (C=O) groups is 1. The number of hydrogen-bond donors (Lipinski definition) is 1. The summed E-state index contributed by atoms with van der Waals surface area (Å²) in [5, 5.41) is 2.95. The molecule has 1 atom stereocenters. The van der Waals surface area contributed by atoms with E-state index in [0.717, 1.165) is 16.6 Å². The van der Waals surface area contributed by atoms with E-state index in [-0.39, 0.29) is 23.9 Å². The van der Waals surface area contributed by atoms with Crippen molar-refractivity contribution in [2.45, 2.75) is 40.2 Å². The fraction of sp³-hybridized carbons (Fsp3) is 0.318. The number of nitrogens with one attached hydrogen (secondary N) is 1. The van der Waals surface area contributed by atoms with Gasteiger partial charge in [0.25, 0.3) is 5.56 Å². The topological polar surface area (TPSA) is 64.0 Å². The van der Waals surface area contributed by atoms with Gasteiger partial charge < -0.3 is 5.32 Å². The summed E-state index contributed by atoms with van der Waals surface area (Å²) in [6, 6.07) is 13.9. The number of fused-ring (bicyclic) bond motifs is 1. The van der Waals surface area contributed by atoms with Gasteiger partial charge in [-0.1, -0.05) is 37.3 Å². The van der Waals surface area contributed by atoms with E-state index in [2.05, 4.69) is 17.2 Å². The molecule has 3 aromatic rings. The zero-order chi connectivity index (χ0) is 19.6. The highest BCUT2D eigenvalue weighted by Gasteiger charge is 2.14. The fourth-order valence-corrected chi connectivity index (χ4v) is 3.15. The largest absolute Gasteiger partial charge is 0.354 e. The summed E-state index contributed by atoms with van der Waals surface area (Å²) in [6.07, 6.45) is 0. The number of aromatic nitrogens is 2. The second kappa shape index (κ2) is 7.74. The Bertz CT molecular complexity index is 1040. The van der Waals surface area contributed by atoms with E-state index in [9.17, 15) is 9.59 Å². The first kappa shape index (κ1) is 18.8. The predicted molar refractivity (Wildman–Crippen MR) is 108 cm³/mol. The lowest BCUT2D eigenvalue weighted by atomic mass is 10.0. The summed E-state index contributed by atoms with van der Waals surface area (Å²) in [5.74, 6) is 0.0256. The maximum atomic E-state index is 12.6. The van der Waals surface area contributed by atoms with Gasteiger partial charge in [0.1, 0.15) is 12.2 Å². The van der Waals surface area contributed by atoms with E-state index in [4.69, 9.17) is 0 Å². The third kappa shape index (κ3) is 4.08. The van der Waals surface area contributed by atoms with Crippen molar-refractivity contribution in [2.75, 3.05) is 6.54 Å². The molecule has 27 heavy (non-hydrogen) atoms. The van der Waals surface area contributed by atoms with Crippen LogP contribution in [0.4, 0.5) is 0 Å². The molecule has 0 aliphatic heterocycles. The van der Waals surface area contributed by atoms with Gasteiger partial charge in [0, 0.05) is 6.54 Å². The Morgan fingerprint density at radius 2 is 1.78 bits per heavy atom. The molecule has 0 bridgehead atoms. The summed E-state index contributed by atoms with van der Waals surface area (Å²) >= 11 is 0. The van der Waals surface area contributed by atoms with Crippen LogP contribution in [0.5, 0.6) is 0 Å². The van der Waals surface area contributed by atoms with Crippen molar-refractivity contribution in [3.8, 4) is 0 Å². The van der Waals surface area contributed by atoms with E-state index in [1.807, 2.05) is 56.3 Å². The summed E-state index contributed by atoms with van der Waals surface area (Å²) in [5.41, 5.74) is 4.96. The molecular formula is C22H25N3O2. The van der Waals surface area contributed by atoms with Crippen LogP contribution in [-0.2, 0) is 11.3 Å².